The van der Waals surface area contributed by atoms with Crippen molar-refractivity contribution in [2.24, 2.45) is 5.92 Å². The summed E-state index contributed by atoms with van der Waals surface area (Å²) in [7, 11) is 0. The number of nitrogens with zero attached hydrogens (tertiary/aromatic N) is 2. The Balaban J connectivity index is 2.08. The summed E-state index contributed by atoms with van der Waals surface area (Å²) in [5.74, 6) is -0.120. The molecule has 0 saturated heterocycles. The SMILES string of the molecule is CC(CO)CNC(=O)c1ccc2n[nH]nc2c1. The van der Waals surface area contributed by atoms with Crippen molar-refractivity contribution in [1.29, 1.82) is 0 Å². The Morgan fingerprint density at radius 3 is 3.00 bits per heavy atom. The lowest BCUT2D eigenvalue weighted by molar-refractivity contribution is 0.0942. The smallest absolute Gasteiger partial charge is 0.251 e. The Morgan fingerprint density at radius 2 is 2.24 bits per heavy atom. The highest BCUT2D eigenvalue weighted by Gasteiger charge is 2.09. The van der Waals surface area contributed by atoms with E-state index in [1.54, 1.807) is 18.2 Å². The Hall–Kier alpha value is -1.95. The van der Waals surface area contributed by atoms with Crippen LogP contribution in [0, 0.1) is 5.92 Å². The third-order valence-corrected chi connectivity index (χ3v) is 2.50. The number of carbonyl (C=O) groups is 1. The van der Waals surface area contributed by atoms with E-state index in [9.17, 15) is 4.79 Å². The average Bonchev–Trinajstić information content (AvgIpc) is 2.82. The van der Waals surface area contributed by atoms with Crippen molar-refractivity contribution in [3.05, 3.63) is 23.8 Å². The summed E-state index contributed by atoms with van der Waals surface area (Å²) in [4.78, 5) is 11.8. The van der Waals surface area contributed by atoms with Gasteiger partial charge in [0.25, 0.3) is 5.91 Å². The Kier molecular flexibility index (Phi) is 3.34. The Bertz CT molecular complexity index is 523. The van der Waals surface area contributed by atoms with E-state index in [0.29, 0.717) is 17.6 Å². The minimum Gasteiger partial charge on any atom is -0.396 e. The maximum atomic E-state index is 11.8. The normalized spacial score (nSPS) is 12.6. The number of aliphatic hydroxyl groups is 1. The van der Waals surface area contributed by atoms with Crippen LogP contribution in [0.4, 0.5) is 0 Å². The third-order valence-electron chi connectivity index (χ3n) is 2.50. The van der Waals surface area contributed by atoms with Gasteiger partial charge < -0.3 is 10.4 Å². The van der Waals surface area contributed by atoms with Gasteiger partial charge in [0.2, 0.25) is 0 Å². The second kappa shape index (κ2) is 4.92. The van der Waals surface area contributed by atoms with E-state index in [2.05, 4.69) is 20.7 Å². The van der Waals surface area contributed by atoms with Crippen LogP contribution in [0.1, 0.15) is 17.3 Å². The summed E-state index contributed by atoms with van der Waals surface area (Å²) in [6.45, 7) is 2.37. The highest BCUT2D eigenvalue weighted by atomic mass is 16.3. The summed E-state index contributed by atoms with van der Waals surface area (Å²) in [5, 5.41) is 21.9. The van der Waals surface area contributed by atoms with E-state index >= 15 is 0 Å². The van der Waals surface area contributed by atoms with Crippen LogP contribution in [0.3, 0.4) is 0 Å². The highest BCUT2D eigenvalue weighted by Crippen LogP contribution is 2.10. The molecule has 0 fully saturated rings. The quantitative estimate of drug-likeness (QED) is 0.710. The van der Waals surface area contributed by atoms with E-state index < -0.39 is 0 Å². The molecule has 0 aliphatic carbocycles. The van der Waals surface area contributed by atoms with Crippen LogP contribution in [-0.4, -0.2) is 39.6 Å². The fourth-order valence-corrected chi connectivity index (χ4v) is 1.42. The van der Waals surface area contributed by atoms with Gasteiger partial charge in [0.05, 0.1) is 0 Å². The van der Waals surface area contributed by atoms with Crippen LogP contribution in [0.25, 0.3) is 11.0 Å². The number of hydrogen-bond donors (Lipinski definition) is 3. The van der Waals surface area contributed by atoms with Crippen molar-refractivity contribution >= 4 is 16.9 Å². The molecule has 6 heteroatoms. The topological polar surface area (TPSA) is 90.9 Å². The van der Waals surface area contributed by atoms with Crippen molar-refractivity contribution in [3.63, 3.8) is 0 Å². The first kappa shape index (κ1) is 11.5. The van der Waals surface area contributed by atoms with Crippen molar-refractivity contribution < 1.29 is 9.90 Å². The van der Waals surface area contributed by atoms with Gasteiger partial charge >= 0.3 is 0 Å². The summed E-state index contributed by atoms with van der Waals surface area (Å²) < 4.78 is 0. The first-order valence-corrected chi connectivity index (χ1v) is 5.40. The van der Waals surface area contributed by atoms with Gasteiger partial charge in [-0.15, -0.1) is 0 Å². The Labute approximate surface area is 98.0 Å². The predicted molar refractivity (Wildman–Crippen MR) is 62.5 cm³/mol. The molecule has 0 radical (unpaired) electrons. The minimum atomic E-state index is -0.171. The number of H-pyrrole nitrogens is 1. The van der Waals surface area contributed by atoms with Gasteiger partial charge in [-0.05, 0) is 24.1 Å². The van der Waals surface area contributed by atoms with Crippen LogP contribution < -0.4 is 5.32 Å². The number of aliphatic hydroxyl groups excluding tert-OH is 1. The van der Waals surface area contributed by atoms with Gasteiger partial charge in [0.1, 0.15) is 11.0 Å². The molecule has 2 aromatic rings. The lowest BCUT2D eigenvalue weighted by atomic mass is 10.1. The molecule has 1 aromatic carbocycles. The molecule has 1 amide bonds. The van der Waals surface area contributed by atoms with Crippen LogP contribution in [0.15, 0.2) is 18.2 Å². The molecule has 1 atom stereocenters. The van der Waals surface area contributed by atoms with Crippen molar-refractivity contribution in [2.45, 2.75) is 6.92 Å². The second-order valence-electron chi connectivity index (χ2n) is 4.02. The minimum absolute atomic E-state index is 0.0507. The number of benzene rings is 1. The van der Waals surface area contributed by atoms with Crippen molar-refractivity contribution in [3.8, 4) is 0 Å². The maximum Gasteiger partial charge on any atom is 0.251 e. The zero-order valence-electron chi connectivity index (χ0n) is 9.47. The number of amides is 1. The molecule has 1 heterocycles. The van der Waals surface area contributed by atoms with Gasteiger partial charge in [0.15, 0.2) is 0 Å². The molecule has 2 rings (SSSR count). The molecule has 1 unspecified atom stereocenters. The standard InChI is InChI=1S/C11H14N4O2/c1-7(6-16)5-12-11(17)8-2-3-9-10(4-8)14-15-13-9/h2-4,7,16H,5-6H2,1H3,(H,12,17)(H,13,14,15). The number of aromatic amines is 1. The van der Waals surface area contributed by atoms with Gasteiger partial charge in [-0.3, -0.25) is 4.79 Å². The molecule has 0 spiro atoms. The Morgan fingerprint density at radius 1 is 1.47 bits per heavy atom. The zero-order valence-corrected chi connectivity index (χ0v) is 9.47. The molecule has 0 bridgehead atoms. The molecule has 17 heavy (non-hydrogen) atoms. The monoisotopic (exact) mass is 234 g/mol. The summed E-state index contributed by atoms with van der Waals surface area (Å²) >= 11 is 0. The summed E-state index contributed by atoms with van der Waals surface area (Å²) in [5.41, 5.74) is 1.93. The van der Waals surface area contributed by atoms with Crippen LogP contribution in [-0.2, 0) is 0 Å². The fourth-order valence-electron chi connectivity index (χ4n) is 1.42. The fraction of sp³-hybridized carbons (Fsp3) is 0.364. The lowest BCUT2D eigenvalue weighted by Crippen LogP contribution is -2.29. The number of rotatable bonds is 4. The van der Waals surface area contributed by atoms with Crippen LogP contribution >= 0.6 is 0 Å². The van der Waals surface area contributed by atoms with E-state index in [4.69, 9.17) is 5.11 Å². The molecule has 0 aliphatic heterocycles. The molecule has 1 aromatic heterocycles. The number of carbonyl (C=O) groups excluding carboxylic acids is 1. The van der Waals surface area contributed by atoms with Gasteiger partial charge in [-0.2, -0.15) is 15.4 Å². The molecular weight excluding hydrogens is 220 g/mol. The average molecular weight is 234 g/mol. The lowest BCUT2D eigenvalue weighted by Gasteiger charge is -2.09. The predicted octanol–water partition coefficient (Wildman–Crippen LogP) is 0.316. The largest absolute Gasteiger partial charge is 0.396 e. The van der Waals surface area contributed by atoms with E-state index in [0.717, 1.165) is 5.52 Å². The van der Waals surface area contributed by atoms with E-state index in [1.807, 2.05) is 6.92 Å². The summed E-state index contributed by atoms with van der Waals surface area (Å²) in [6.07, 6.45) is 0. The molecule has 90 valence electrons. The van der Waals surface area contributed by atoms with Gasteiger partial charge in [-0.25, -0.2) is 0 Å². The molecule has 0 aliphatic rings. The molecule has 3 N–H and O–H groups in total. The number of fused-ring (bicyclic) bond motifs is 1. The van der Waals surface area contributed by atoms with E-state index in [-0.39, 0.29) is 18.4 Å². The van der Waals surface area contributed by atoms with Crippen LogP contribution in [0.2, 0.25) is 0 Å². The first-order valence-electron chi connectivity index (χ1n) is 5.40. The van der Waals surface area contributed by atoms with E-state index in [1.165, 1.54) is 0 Å². The van der Waals surface area contributed by atoms with Crippen LogP contribution in [0.5, 0.6) is 0 Å². The molecule has 6 nitrogen and oxygen atoms in total. The number of aromatic nitrogens is 3. The zero-order chi connectivity index (χ0) is 12.3. The van der Waals surface area contributed by atoms with Gasteiger partial charge in [-0.1, -0.05) is 6.92 Å². The second-order valence-corrected chi connectivity index (χ2v) is 4.02. The summed E-state index contributed by atoms with van der Waals surface area (Å²) in [6, 6.07) is 5.12. The number of hydrogen-bond acceptors (Lipinski definition) is 4. The van der Waals surface area contributed by atoms with Crippen molar-refractivity contribution in [1.82, 2.24) is 20.7 Å². The maximum absolute atomic E-state index is 11.8. The third kappa shape index (κ3) is 2.59. The van der Waals surface area contributed by atoms with Crippen molar-refractivity contribution in [2.75, 3.05) is 13.2 Å². The molecular formula is C11H14N4O2. The highest BCUT2D eigenvalue weighted by molar-refractivity contribution is 5.97. The number of nitrogens with one attached hydrogen (secondary N) is 2. The first-order chi connectivity index (χ1) is 8.20. The molecule has 0 saturated carbocycles. The van der Waals surface area contributed by atoms with Gasteiger partial charge in [0, 0.05) is 18.7 Å².